The highest BCUT2D eigenvalue weighted by Gasteiger charge is 2.30. The highest BCUT2D eigenvalue weighted by molar-refractivity contribution is 5.79. The summed E-state index contributed by atoms with van der Waals surface area (Å²) in [5.41, 5.74) is 0. The van der Waals surface area contributed by atoms with Gasteiger partial charge in [-0.2, -0.15) is 0 Å². The van der Waals surface area contributed by atoms with Crippen LogP contribution in [0.15, 0.2) is 0 Å². The molecule has 0 aromatic heterocycles. The summed E-state index contributed by atoms with van der Waals surface area (Å²) in [7, 11) is 0. The summed E-state index contributed by atoms with van der Waals surface area (Å²) in [6.07, 6.45) is -1.72. The third-order valence-electron chi connectivity index (χ3n) is 2.97. The predicted molar refractivity (Wildman–Crippen MR) is 51.5 cm³/mol. The number of carbonyl (C=O) groups excluding carboxylic acids is 1. The van der Waals surface area contributed by atoms with Gasteiger partial charge in [-0.3, -0.25) is 4.79 Å². The predicted octanol–water partition coefficient (Wildman–Crippen LogP) is 1.16. The quantitative estimate of drug-likeness (QED) is 0.748. The van der Waals surface area contributed by atoms with Crippen molar-refractivity contribution in [3.63, 3.8) is 0 Å². The molecule has 0 aromatic rings. The molecule has 3 nitrogen and oxygen atoms in total. The van der Waals surface area contributed by atoms with E-state index in [1.165, 1.54) is 0 Å². The van der Waals surface area contributed by atoms with Crippen molar-refractivity contribution in [2.75, 3.05) is 6.54 Å². The zero-order valence-electron chi connectivity index (χ0n) is 8.75. The number of amides is 1. The molecule has 0 heterocycles. The minimum absolute atomic E-state index is 0.0742. The van der Waals surface area contributed by atoms with E-state index in [4.69, 9.17) is 5.11 Å². The smallest absolute Gasteiger partial charge is 0.265 e. The van der Waals surface area contributed by atoms with E-state index in [1.54, 1.807) is 0 Å². The molecule has 0 aliphatic heterocycles. The molecule has 1 rings (SSSR count). The number of carbonyl (C=O) groups is 1. The monoisotopic (exact) mass is 221 g/mol. The third-order valence-corrected chi connectivity index (χ3v) is 2.97. The molecule has 1 fully saturated rings. The summed E-state index contributed by atoms with van der Waals surface area (Å²) in [5.74, 6) is 0.0308. The van der Waals surface area contributed by atoms with Crippen molar-refractivity contribution in [2.24, 2.45) is 11.8 Å². The van der Waals surface area contributed by atoms with Gasteiger partial charge in [-0.25, -0.2) is 8.78 Å². The van der Waals surface area contributed by atoms with Crippen molar-refractivity contribution in [2.45, 2.75) is 38.7 Å². The van der Waals surface area contributed by atoms with Crippen LogP contribution >= 0.6 is 0 Å². The van der Waals surface area contributed by atoms with Crippen molar-refractivity contribution < 1.29 is 18.7 Å². The fourth-order valence-electron chi connectivity index (χ4n) is 1.96. The fourth-order valence-corrected chi connectivity index (χ4v) is 1.96. The number of halogens is 2. The molecule has 1 amide bonds. The normalized spacial score (nSPS) is 28.1. The molecule has 0 radical (unpaired) electrons. The van der Waals surface area contributed by atoms with Crippen molar-refractivity contribution in [3.05, 3.63) is 0 Å². The minimum Gasteiger partial charge on any atom is -0.385 e. The Morgan fingerprint density at radius 2 is 2.20 bits per heavy atom. The molecule has 1 saturated carbocycles. The van der Waals surface area contributed by atoms with Gasteiger partial charge in [0.1, 0.15) is 6.10 Å². The molecule has 1 aliphatic carbocycles. The van der Waals surface area contributed by atoms with Crippen LogP contribution in [0.4, 0.5) is 8.78 Å². The number of aliphatic hydroxyl groups excluding tert-OH is 1. The minimum atomic E-state index is -2.80. The second-order valence-electron chi connectivity index (χ2n) is 4.16. The van der Waals surface area contributed by atoms with Gasteiger partial charge in [0.25, 0.3) is 6.43 Å². The Bertz CT molecular complexity index is 223. The van der Waals surface area contributed by atoms with E-state index in [1.807, 2.05) is 6.92 Å². The lowest BCUT2D eigenvalue weighted by atomic mass is 9.97. The maximum Gasteiger partial charge on any atom is 0.265 e. The molecule has 2 N–H and O–H groups in total. The van der Waals surface area contributed by atoms with Crippen LogP contribution < -0.4 is 5.32 Å². The van der Waals surface area contributed by atoms with Gasteiger partial charge in [-0.1, -0.05) is 13.3 Å². The van der Waals surface area contributed by atoms with Crippen LogP contribution in [-0.2, 0) is 4.79 Å². The van der Waals surface area contributed by atoms with Gasteiger partial charge in [0, 0.05) is 12.5 Å². The molecule has 0 saturated heterocycles. The highest BCUT2D eigenvalue weighted by Crippen LogP contribution is 2.31. The second-order valence-corrected chi connectivity index (χ2v) is 4.16. The van der Waals surface area contributed by atoms with Crippen molar-refractivity contribution >= 4 is 5.91 Å². The standard InChI is InChI=1S/C10H17F2NO2/c1-6-3-2-4-7(6)10(15)13-5-8(14)9(11)12/h6-9,14H,2-5H2,1H3,(H,13,15). The summed E-state index contributed by atoms with van der Waals surface area (Å²) in [5, 5.41) is 11.2. The van der Waals surface area contributed by atoms with E-state index < -0.39 is 12.5 Å². The summed E-state index contributed by atoms with van der Waals surface area (Å²) >= 11 is 0. The number of alkyl halides is 2. The average molecular weight is 221 g/mol. The SMILES string of the molecule is CC1CCCC1C(=O)NCC(O)C(F)F. The Kier molecular flexibility index (Phi) is 4.45. The summed E-state index contributed by atoms with van der Waals surface area (Å²) < 4.78 is 23.9. The van der Waals surface area contributed by atoms with Gasteiger partial charge < -0.3 is 10.4 Å². The Labute approximate surface area is 87.9 Å². The van der Waals surface area contributed by atoms with E-state index in [-0.39, 0.29) is 18.4 Å². The van der Waals surface area contributed by atoms with Gasteiger partial charge in [-0.15, -0.1) is 0 Å². The van der Waals surface area contributed by atoms with Crippen molar-refractivity contribution in [1.82, 2.24) is 5.32 Å². The molecule has 3 unspecified atom stereocenters. The maximum atomic E-state index is 11.9. The lowest BCUT2D eigenvalue weighted by Crippen LogP contribution is -2.39. The first-order valence-electron chi connectivity index (χ1n) is 5.26. The summed E-state index contributed by atoms with van der Waals surface area (Å²) in [4.78, 5) is 11.5. The number of aliphatic hydroxyl groups is 1. The van der Waals surface area contributed by atoms with Gasteiger partial charge >= 0.3 is 0 Å². The lowest BCUT2D eigenvalue weighted by Gasteiger charge is -2.16. The van der Waals surface area contributed by atoms with E-state index in [0.29, 0.717) is 5.92 Å². The second kappa shape index (κ2) is 5.39. The topological polar surface area (TPSA) is 49.3 Å². The molecule has 15 heavy (non-hydrogen) atoms. The zero-order chi connectivity index (χ0) is 11.4. The Morgan fingerprint density at radius 3 is 2.67 bits per heavy atom. The van der Waals surface area contributed by atoms with E-state index in [0.717, 1.165) is 19.3 Å². The van der Waals surface area contributed by atoms with Crippen LogP contribution in [0.25, 0.3) is 0 Å². The molecule has 1 aliphatic rings. The van der Waals surface area contributed by atoms with Gasteiger partial charge in [0.15, 0.2) is 0 Å². The number of hydrogen-bond donors (Lipinski definition) is 2. The van der Waals surface area contributed by atoms with Crippen LogP contribution in [0.5, 0.6) is 0 Å². The molecule has 0 bridgehead atoms. The fraction of sp³-hybridized carbons (Fsp3) is 0.900. The first-order chi connectivity index (χ1) is 7.02. The van der Waals surface area contributed by atoms with Crippen LogP contribution in [0, 0.1) is 11.8 Å². The zero-order valence-corrected chi connectivity index (χ0v) is 8.75. The van der Waals surface area contributed by atoms with Gasteiger partial charge in [0.2, 0.25) is 5.91 Å². The number of rotatable bonds is 4. The molecule has 88 valence electrons. The van der Waals surface area contributed by atoms with Gasteiger partial charge in [0.05, 0.1) is 0 Å². The van der Waals surface area contributed by atoms with Crippen LogP contribution in [0.3, 0.4) is 0 Å². The summed E-state index contributed by atoms with van der Waals surface area (Å²) in [6, 6.07) is 0. The Balaban J connectivity index is 2.29. The van der Waals surface area contributed by atoms with Crippen LogP contribution in [-0.4, -0.2) is 30.1 Å². The van der Waals surface area contributed by atoms with E-state index in [2.05, 4.69) is 5.32 Å². The molecular weight excluding hydrogens is 204 g/mol. The largest absolute Gasteiger partial charge is 0.385 e. The third kappa shape index (κ3) is 3.41. The first-order valence-corrected chi connectivity index (χ1v) is 5.26. The Hall–Kier alpha value is -0.710. The van der Waals surface area contributed by atoms with Crippen LogP contribution in [0.2, 0.25) is 0 Å². The average Bonchev–Trinajstić information content (AvgIpc) is 2.60. The molecule has 0 spiro atoms. The van der Waals surface area contributed by atoms with E-state index in [9.17, 15) is 13.6 Å². The molecule has 3 atom stereocenters. The van der Waals surface area contributed by atoms with Crippen molar-refractivity contribution in [3.8, 4) is 0 Å². The highest BCUT2D eigenvalue weighted by atomic mass is 19.3. The van der Waals surface area contributed by atoms with Crippen molar-refractivity contribution in [1.29, 1.82) is 0 Å². The molecule has 0 aromatic carbocycles. The molecule has 5 heteroatoms. The Morgan fingerprint density at radius 1 is 1.53 bits per heavy atom. The first kappa shape index (κ1) is 12.4. The maximum absolute atomic E-state index is 11.9. The number of nitrogens with one attached hydrogen (secondary N) is 1. The van der Waals surface area contributed by atoms with Gasteiger partial charge in [-0.05, 0) is 18.8 Å². The van der Waals surface area contributed by atoms with Crippen LogP contribution in [0.1, 0.15) is 26.2 Å². The lowest BCUT2D eigenvalue weighted by molar-refractivity contribution is -0.126. The summed E-state index contributed by atoms with van der Waals surface area (Å²) in [6.45, 7) is 1.63. The molecular formula is C10H17F2NO2. The number of hydrogen-bond acceptors (Lipinski definition) is 2. The van der Waals surface area contributed by atoms with E-state index >= 15 is 0 Å².